The van der Waals surface area contributed by atoms with E-state index in [0.717, 1.165) is 11.2 Å². The van der Waals surface area contributed by atoms with E-state index in [4.69, 9.17) is 0 Å². The van der Waals surface area contributed by atoms with Crippen LogP contribution in [0.15, 0.2) is 41.6 Å². The van der Waals surface area contributed by atoms with E-state index in [1.807, 2.05) is 28.7 Å². The van der Waals surface area contributed by atoms with E-state index < -0.39 is 0 Å². The van der Waals surface area contributed by atoms with Crippen LogP contribution in [0, 0.1) is 0 Å². The number of nitrogens with zero attached hydrogens (tertiary/aromatic N) is 6. The van der Waals surface area contributed by atoms with Crippen LogP contribution in [0.5, 0.6) is 0 Å². The van der Waals surface area contributed by atoms with Gasteiger partial charge in [0.25, 0.3) is 5.56 Å². The van der Waals surface area contributed by atoms with Gasteiger partial charge < -0.3 is 0 Å². The Balaban J connectivity index is 2.14. The van der Waals surface area contributed by atoms with Crippen molar-refractivity contribution in [3.8, 4) is 5.82 Å². The van der Waals surface area contributed by atoms with Crippen LogP contribution in [-0.2, 0) is 12.5 Å². The summed E-state index contributed by atoms with van der Waals surface area (Å²) in [6, 6.07) is 7.52. The fourth-order valence-corrected chi connectivity index (χ4v) is 3.01. The van der Waals surface area contributed by atoms with Gasteiger partial charge in [-0.05, 0) is 12.1 Å². The highest BCUT2D eigenvalue weighted by Gasteiger charge is 2.24. The lowest BCUT2D eigenvalue weighted by Gasteiger charge is -2.18. The second-order valence-corrected chi connectivity index (χ2v) is 6.92. The van der Waals surface area contributed by atoms with Gasteiger partial charge in [-0.2, -0.15) is 4.68 Å². The summed E-state index contributed by atoms with van der Waals surface area (Å²) in [7, 11) is 1.75. The molecule has 3 aromatic heterocycles. The summed E-state index contributed by atoms with van der Waals surface area (Å²) < 4.78 is 5.24. The minimum Gasteiger partial charge on any atom is -0.294 e. The molecule has 0 saturated carbocycles. The van der Waals surface area contributed by atoms with Crippen molar-refractivity contribution >= 4 is 16.6 Å². The van der Waals surface area contributed by atoms with E-state index in [9.17, 15) is 4.79 Å². The predicted octanol–water partition coefficient (Wildman–Crippen LogP) is 2.06. The van der Waals surface area contributed by atoms with Crippen molar-refractivity contribution in [2.75, 3.05) is 0 Å². The molecule has 0 unspecified atom stereocenters. The lowest BCUT2D eigenvalue weighted by atomic mass is 9.93. The number of aryl methyl sites for hydroxylation is 1. The van der Waals surface area contributed by atoms with Crippen molar-refractivity contribution in [2.45, 2.75) is 26.2 Å². The summed E-state index contributed by atoms with van der Waals surface area (Å²) in [6.07, 6.45) is 3.46. The van der Waals surface area contributed by atoms with Crippen molar-refractivity contribution in [2.24, 2.45) is 7.05 Å². The standard InChI is InChI=1S/C17H18N6O/c1-17(2,3)13-9-19-20-23(13)14-15-21(4)16(24)11-7-5-6-8-12(11)22(15)10-18-14/h5-10H,1-4H3. The van der Waals surface area contributed by atoms with Crippen molar-refractivity contribution in [3.63, 3.8) is 0 Å². The topological polar surface area (TPSA) is 70.0 Å². The Hall–Kier alpha value is -2.96. The number of benzene rings is 1. The normalized spacial score (nSPS) is 12.3. The van der Waals surface area contributed by atoms with Gasteiger partial charge in [-0.3, -0.25) is 13.8 Å². The predicted molar refractivity (Wildman–Crippen MR) is 91.6 cm³/mol. The van der Waals surface area contributed by atoms with Crippen LogP contribution >= 0.6 is 0 Å². The van der Waals surface area contributed by atoms with E-state index in [1.54, 1.807) is 28.8 Å². The minimum absolute atomic E-state index is 0.0581. The molecule has 0 amide bonds. The van der Waals surface area contributed by atoms with Crippen molar-refractivity contribution in [3.05, 3.63) is 52.8 Å². The highest BCUT2D eigenvalue weighted by atomic mass is 16.1. The molecule has 0 aliphatic heterocycles. The smallest absolute Gasteiger partial charge is 0.261 e. The molecule has 0 fully saturated rings. The van der Waals surface area contributed by atoms with Crippen LogP contribution in [0.2, 0.25) is 0 Å². The summed E-state index contributed by atoms with van der Waals surface area (Å²) in [6.45, 7) is 6.28. The molecule has 0 spiro atoms. The molecular weight excluding hydrogens is 304 g/mol. The minimum atomic E-state index is -0.144. The quantitative estimate of drug-likeness (QED) is 0.538. The number of hydrogen-bond acceptors (Lipinski definition) is 4. The fraction of sp³-hybridized carbons (Fsp3) is 0.294. The largest absolute Gasteiger partial charge is 0.294 e. The van der Waals surface area contributed by atoms with Crippen LogP contribution in [0.1, 0.15) is 26.5 Å². The molecule has 0 bridgehead atoms. The van der Waals surface area contributed by atoms with E-state index in [1.165, 1.54) is 0 Å². The zero-order valence-electron chi connectivity index (χ0n) is 14.1. The van der Waals surface area contributed by atoms with E-state index in [2.05, 4.69) is 36.1 Å². The Kier molecular flexibility index (Phi) is 2.90. The number of hydrogen-bond donors (Lipinski definition) is 0. The number of imidazole rings is 1. The summed E-state index contributed by atoms with van der Waals surface area (Å²) in [5, 5.41) is 8.90. The SMILES string of the molecule is Cn1c(=O)c2ccccc2n2cnc(-n3nncc3C(C)(C)C)c12. The van der Waals surface area contributed by atoms with Crippen LogP contribution in [0.25, 0.3) is 22.4 Å². The van der Waals surface area contributed by atoms with E-state index >= 15 is 0 Å². The molecule has 0 aliphatic carbocycles. The Morgan fingerprint density at radius 3 is 2.62 bits per heavy atom. The van der Waals surface area contributed by atoms with Gasteiger partial charge in [0, 0.05) is 12.5 Å². The monoisotopic (exact) mass is 322 g/mol. The molecule has 3 heterocycles. The molecule has 0 aliphatic rings. The molecule has 4 aromatic rings. The maximum Gasteiger partial charge on any atom is 0.261 e. The molecule has 0 saturated heterocycles. The van der Waals surface area contributed by atoms with Gasteiger partial charge in [-0.15, -0.1) is 5.10 Å². The van der Waals surface area contributed by atoms with Crippen molar-refractivity contribution in [1.29, 1.82) is 0 Å². The molecule has 7 nitrogen and oxygen atoms in total. The molecule has 0 N–H and O–H groups in total. The molecule has 0 radical (unpaired) electrons. The first-order valence-electron chi connectivity index (χ1n) is 7.76. The lowest BCUT2D eigenvalue weighted by Crippen LogP contribution is -2.22. The number of para-hydroxylation sites is 1. The Bertz CT molecular complexity index is 1130. The second kappa shape index (κ2) is 4.77. The van der Waals surface area contributed by atoms with Gasteiger partial charge >= 0.3 is 0 Å². The molecule has 7 heteroatoms. The average Bonchev–Trinajstić information content (AvgIpc) is 3.18. The lowest BCUT2D eigenvalue weighted by molar-refractivity contribution is 0.540. The maximum absolute atomic E-state index is 12.7. The second-order valence-electron chi connectivity index (χ2n) is 6.92. The summed E-state index contributed by atoms with van der Waals surface area (Å²) in [5.74, 6) is 0.600. The van der Waals surface area contributed by atoms with Gasteiger partial charge in [0.15, 0.2) is 11.5 Å². The summed E-state index contributed by atoms with van der Waals surface area (Å²) in [5.41, 5.74) is 2.25. The molecule has 4 rings (SSSR count). The highest BCUT2D eigenvalue weighted by Crippen LogP contribution is 2.25. The summed E-state index contributed by atoms with van der Waals surface area (Å²) >= 11 is 0. The van der Waals surface area contributed by atoms with E-state index in [-0.39, 0.29) is 11.0 Å². The van der Waals surface area contributed by atoms with Crippen LogP contribution in [0.3, 0.4) is 0 Å². The van der Waals surface area contributed by atoms with Crippen LogP contribution < -0.4 is 5.56 Å². The average molecular weight is 322 g/mol. The van der Waals surface area contributed by atoms with E-state index in [0.29, 0.717) is 16.9 Å². The number of aromatic nitrogens is 6. The van der Waals surface area contributed by atoms with Crippen molar-refractivity contribution in [1.82, 2.24) is 28.9 Å². The first-order chi connectivity index (χ1) is 11.4. The maximum atomic E-state index is 12.7. The third-order valence-electron chi connectivity index (χ3n) is 4.26. The highest BCUT2D eigenvalue weighted by molar-refractivity contribution is 5.82. The van der Waals surface area contributed by atoms with Crippen molar-refractivity contribution < 1.29 is 0 Å². The zero-order valence-corrected chi connectivity index (χ0v) is 14.1. The Morgan fingerprint density at radius 1 is 1.12 bits per heavy atom. The van der Waals surface area contributed by atoms with Gasteiger partial charge in [0.05, 0.1) is 22.8 Å². The molecule has 122 valence electrons. The first kappa shape index (κ1) is 14.6. The molecular formula is C17H18N6O. The van der Waals surface area contributed by atoms with Gasteiger partial charge in [0.2, 0.25) is 0 Å². The molecule has 24 heavy (non-hydrogen) atoms. The fourth-order valence-electron chi connectivity index (χ4n) is 3.01. The van der Waals surface area contributed by atoms with Gasteiger partial charge in [-0.1, -0.05) is 38.1 Å². The Morgan fingerprint density at radius 2 is 1.88 bits per heavy atom. The zero-order chi connectivity index (χ0) is 17.1. The third-order valence-corrected chi connectivity index (χ3v) is 4.26. The van der Waals surface area contributed by atoms with Crippen LogP contribution in [0.4, 0.5) is 0 Å². The third kappa shape index (κ3) is 1.90. The van der Waals surface area contributed by atoms with Crippen LogP contribution in [-0.4, -0.2) is 28.9 Å². The summed E-state index contributed by atoms with van der Waals surface area (Å²) in [4.78, 5) is 17.2. The number of fused-ring (bicyclic) bond motifs is 3. The van der Waals surface area contributed by atoms with Gasteiger partial charge in [0.1, 0.15) is 6.33 Å². The van der Waals surface area contributed by atoms with Gasteiger partial charge in [-0.25, -0.2) is 4.98 Å². The molecule has 0 atom stereocenters. The first-order valence-corrected chi connectivity index (χ1v) is 7.76. The molecule has 1 aromatic carbocycles. The number of rotatable bonds is 1. The Labute approximate surface area is 138 Å².